The Balaban J connectivity index is 1.19. The van der Waals surface area contributed by atoms with Crippen molar-refractivity contribution in [1.29, 1.82) is 0 Å². The molecule has 11 heteroatoms. The van der Waals surface area contributed by atoms with Crippen LogP contribution in [0.1, 0.15) is 5.56 Å². The van der Waals surface area contributed by atoms with Crippen LogP contribution >= 0.6 is 11.6 Å². The molecule has 216 valence electrons. The van der Waals surface area contributed by atoms with Crippen molar-refractivity contribution < 1.29 is 27.5 Å². The van der Waals surface area contributed by atoms with E-state index in [4.69, 9.17) is 21.1 Å². The van der Waals surface area contributed by atoms with Crippen LogP contribution in [-0.4, -0.2) is 46.0 Å². The fraction of sp³-hybridized carbons (Fsp3) is 0.161. The van der Waals surface area contributed by atoms with Crippen molar-refractivity contribution in [2.45, 2.75) is 17.4 Å². The van der Waals surface area contributed by atoms with Crippen LogP contribution < -0.4 is 24.4 Å². The third-order valence-corrected chi connectivity index (χ3v) is 8.16. The molecule has 0 spiro atoms. The number of nitrogens with zero attached hydrogens (tertiary/aromatic N) is 1. The predicted octanol–water partition coefficient (Wildman–Crippen LogP) is 4.67. The molecule has 2 N–H and O–H groups in total. The van der Waals surface area contributed by atoms with Crippen molar-refractivity contribution in [1.82, 2.24) is 5.32 Å². The maximum absolute atomic E-state index is 13.3. The Labute approximate surface area is 249 Å². The maximum Gasteiger partial charge on any atom is 0.265 e. The Hall–Kier alpha value is -4.54. The van der Waals surface area contributed by atoms with Gasteiger partial charge in [0, 0.05) is 17.3 Å². The number of anilines is 2. The van der Waals surface area contributed by atoms with Gasteiger partial charge in [0.15, 0.2) is 12.7 Å². The molecule has 1 aliphatic heterocycles. The van der Waals surface area contributed by atoms with Gasteiger partial charge in [0.2, 0.25) is 0 Å². The van der Waals surface area contributed by atoms with E-state index >= 15 is 0 Å². The second-order valence-electron chi connectivity index (χ2n) is 9.48. The molecule has 0 radical (unpaired) electrons. The van der Waals surface area contributed by atoms with Crippen molar-refractivity contribution in [3.63, 3.8) is 0 Å². The highest BCUT2D eigenvalue weighted by Gasteiger charge is 2.33. The molecule has 0 saturated heterocycles. The normalized spacial score (nSPS) is 14.3. The number of carbonyl (C=O) groups is 2. The molecule has 1 heterocycles. The molecule has 0 fully saturated rings. The summed E-state index contributed by atoms with van der Waals surface area (Å²) in [6, 6.07) is 28.8. The number of ether oxygens (including phenoxy) is 2. The van der Waals surface area contributed by atoms with E-state index < -0.39 is 16.1 Å². The molecule has 0 unspecified atom stereocenters. The lowest BCUT2D eigenvalue weighted by Gasteiger charge is -2.34. The molecule has 1 aliphatic rings. The van der Waals surface area contributed by atoms with E-state index in [1.54, 1.807) is 48.5 Å². The molecule has 42 heavy (non-hydrogen) atoms. The van der Waals surface area contributed by atoms with Gasteiger partial charge < -0.3 is 19.7 Å². The third kappa shape index (κ3) is 7.20. The van der Waals surface area contributed by atoms with Crippen molar-refractivity contribution in [3.05, 3.63) is 114 Å². The number of carbonyl (C=O) groups excluding carboxylic acids is 2. The Morgan fingerprint density at radius 2 is 1.60 bits per heavy atom. The summed E-state index contributed by atoms with van der Waals surface area (Å²) in [5.41, 5.74) is 2.01. The number of benzene rings is 4. The summed E-state index contributed by atoms with van der Waals surface area (Å²) in [5.74, 6) is 0.0331. The Morgan fingerprint density at radius 1 is 0.905 bits per heavy atom. The van der Waals surface area contributed by atoms with Gasteiger partial charge in [0.1, 0.15) is 11.5 Å². The van der Waals surface area contributed by atoms with Crippen molar-refractivity contribution in [2.75, 3.05) is 29.3 Å². The van der Waals surface area contributed by atoms with Crippen molar-refractivity contribution in [3.8, 4) is 11.5 Å². The monoisotopic (exact) mass is 605 g/mol. The number of hydrogen-bond donors (Lipinski definition) is 2. The summed E-state index contributed by atoms with van der Waals surface area (Å²) >= 11 is 5.86. The van der Waals surface area contributed by atoms with Crippen LogP contribution in [0, 0.1) is 0 Å². The van der Waals surface area contributed by atoms with Crippen LogP contribution in [0.3, 0.4) is 0 Å². The quantitative estimate of drug-likeness (QED) is 0.272. The number of nitrogens with one attached hydrogen (secondary N) is 2. The first kappa shape index (κ1) is 29.0. The standard InChI is InChI=1S/C31H28ClN3O6S/c32-23-10-12-24(13-11-23)34-42(38,39)26-16-14-25(15-17-26)40-21-30(36)35-20-29(41-28-9-5-4-8-27(28)35)31(37)33-19-18-22-6-2-1-3-7-22/h1-17,29,34H,18-21H2,(H,33,37)/t29-/m1/s1. The molecule has 5 rings (SSSR count). The van der Waals surface area contributed by atoms with Crippen LogP contribution in [0.4, 0.5) is 11.4 Å². The van der Waals surface area contributed by atoms with E-state index in [0.29, 0.717) is 40.9 Å². The molecule has 4 aromatic carbocycles. The molecule has 9 nitrogen and oxygen atoms in total. The number of rotatable bonds is 10. The molecular formula is C31H28ClN3O6S. The van der Waals surface area contributed by atoms with Gasteiger partial charge in [-0.2, -0.15) is 0 Å². The number of sulfonamides is 1. The zero-order valence-corrected chi connectivity index (χ0v) is 24.0. The minimum atomic E-state index is -3.84. The van der Waals surface area contributed by atoms with Crippen molar-refractivity contribution >= 4 is 44.8 Å². The smallest absolute Gasteiger partial charge is 0.265 e. The summed E-state index contributed by atoms with van der Waals surface area (Å²) in [6.45, 7) is 0.123. The Bertz CT molecular complexity index is 1650. The second-order valence-corrected chi connectivity index (χ2v) is 11.6. The minimum absolute atomic E-state index is 0.0178. The van der Waals surface area contributed by atoms with Gasteiger partial charge in [0.05, 0.1) is 17.1 Å². The topological polar surface area (TPSA) is 114 Å². The molecular weight excluding hydrogens is 578 g/mol. The fourth-order valence-electron chi connectivity index (χ4n) is 4.37. The lowest BCUT2D eigenvalue weighted by atomic mass is 10.1. The van der Waals surface area contributed by atoms with E-state index in [1.165, 1.54) is 29.2 Å². The van der Waals surface area contributed by atoms with Gasteiger partial charge in [-0.25, -0.2) is 8.42 Å². The van der Waals surface area contributed by atoms with E-state index in [-0.39, 0.29) is 29.9 Å². The molecule has 0 aliphatic carbocycles. The van der Waals surface area contributed by atoms with E-state index in [0.717, 1.165) is 5.56 Å². The minimum Gasteiger partial charge on any atom is -0.484 e. The highest BCUT2D eigenvalue weighted by Crippen LogP contribution is 2.33. The molecule has 0 saturated carbocycles. The predicted molar refractivity (Wildman–Crippen MR) is 161 cm³/mol. The van der Waals surface area contributed by atoms with Gasteiger partial charge in [-0.05, 0) is 72.6 Å². The first-order valence-corrected chi connectivity index (χ1v) is 15.0. The van der Waals surface area contributed by atoms with Crippen LogP contribution in [0.2, 0.25) is 5.02 Å². The largest absolute Gasteiger partial charge is 0.484 e. The average molecular weight is 606 g/mol. The van der Waals surface area contributed by atoms with Crippen LogP contribution in [0.5, 0.6) is 11.5 Å². The molecule has 1 atom stereocenters. The number of halogens is 1. The van der Waals surface area contributed by atoms with Gasteiger partial charge in [-0.15, -0.1) is 0 Å². The summed E-state index contributed by atoms with van der Waals surface area (Å²) in [6.07, 6.45) is -0.221. The zero-order valence-electron chi connectivity index (χ0n) is 22.4. The van der Waals surface area contributed by atoms with E-state index in [2.05, 4.69) is 10.0 Å². The number of hydrogen-bond acceptors (Lipinski definition) is 6. The highest BCUT2D eigenvalue weighted by molar-refractivity contribution is 7.92. The third-order valence-electron chi connectivity index (χ3n) is 6.52. The number of fused-ring (bicyclic) bond motifs is 1. The van der Waals surface area contributed by atoms with Crippen LogP contribution in [0.25, 0.3) is 0 Å². The number of para-hydroxylation sites is 2. The zero-order chi connectivity index (χ0) is 29.5. The summed E-state index contributed by atoms with van der Waals surface area (Å²) < 4.78 is 39.5. The molecule has 0 aromatic heterocycles. The molecule has 2 amide bonds. The second kappa shape index (κ2) is 13.0. The van der Waals surface area contributed by atoms with E-state index in [9.17, 15) is 18.0 Å². The summed E-state index contributed by atoms with van der Waals surface area (Å²) in [7, 11) is -3.84. The van der Waals surface area contributed by atoms with Gasteiger partial charge in [0.25, 0.3) is 21.8 Å². The van der Waals surface area contributed by atoms with Crippen LogP contribution in [-0.2, 0) is 26.0 Å². The Kier molecular flexibility index (Phi) is 8.94. The summed E-state index contributed by atoms with van der Waals surface area (Å²) in [5, 5.41) is 3.38. The number of amides is 2. The average Bonchev–Trinajstić information content (AvgIpc) is 3.01. The molecule has 0 bridgehead atoms. The Morgan fingerprint density at radius 3 is 2.33 bits per heavy atom. The lowest BCUT2D eigenvalue weighted by Crippen LogP contribution is -2.52. The van der Waals surface area contributed by atoms with Gasteiger partial charge in [-0.1, -0.05) is 54.1 Å². The maximum atomic E-state index is 13.3. The summed E-state index contributed by atoms with van der Waals surface area (Å²) in [4.78, 5) is 27.7. The molecule has 4 aromatic rings. The van der Waals surface area contributed by atoms with Crippen molar-refractivity contribution in [2.24, 2.45) is 0 Å². The van der Waals surface area contributed by atoms with E-state index in [1.807, 2.05) is 30.3 Å². The lowest BCUT2D eigenvalue weighted by molar-refractivity contribution is -0.128. The van der Waals surface area contributed by atoms with Gasteiger partial charge in [-0.3, -0.25) is 14.3 Å². The SMILES string of the molecule is O=C(NCCc1ccccc1)[C@H]1CN(C(=O)COc2ccc(S(=O)(=O)Nc3ccc(Cl)cc3)cc2)c2ccccc2O1. The van der Waals surface area contributed by atoms with Gasteiger partial charge >= 0.3 is 0 Å². The first-order valence-electron chi connectivity index (χ1n) is 13.2. The first-order chi connectivity index (χ1) is 20.3. The highest BCUT2D eigenvalue weighted by atomic mass is 35.5. The fourth-order valence-corrected chi connectivity index (χ4v) is 5.55. The van der Waals surface area contributed by atoms with Crippen LogP contribution in [0.15, 0.2) is 108 Å².